The minimum atomic E-state index is -0.661. The number of carbonyl (C=O) groups is 3. The van der Waals surface area contributed by atoms with E-state index in [0.717, 1.165) is 0 Å². The SMILES string of the molecule is COc1ccccc1Oc1ccc(N2C[C@@H](C(=O)OCC(=O)Nc3cccc(Cl)c3)CC2=O)cc1. The molecule has 3 aromatic carbocycles. The molecule has 1 saturated heterocycles. The molecule has 1 atom stereocenters. The van der Waals surface area contributed by atoms with Crippen molar-refractivity contribution in [2.24, 2.45) is 5.92 Å². The molecule has 0 aromatic heterocycles. The Balaban J connectivity index is 1.31. The lowest BCUT2D eigenvalue weighted by Gasteiger charge is -2.17. The van der Waals surface area contributed by atoms with E-state index in [9.17, 15) is 14.4 Å². The van der Waals surface area contributed by atoms with Crippen molar-refractivity contribution in [3.8, 4) is 17.2 Å². The molecule has 2 amide bonds. The first-order valence-corrected chi connectivity index (χ1v) is 11.2. The van der Waals surface area contributed by atoms with Crippen molar-refractivity contribution in [2.45, 2.75) is 6.42 Å². The quantitative estimate of drug-likeness (QED) is 0.457. The van der Waals surface area contributed by atoms with Gasteiger partial charge in [0.05, 0.1) is 13.0 Å². The van der Waals surface area contributed by atoms with Crippen LogP contribution in [0.15, 0.2) is 72.8 Å². The molecule has 180 valence electrons. The van der Waals surface area contributed by atoms with E-state index in [1.165, 1.54) is 4.90 Å². The average molecular weight is 495 g/mol. The van der Waals surface area contributed by atoms with E-state index in [0.29, 0.717) is 33.6 Å². The van der Waals surface area contributed by atoms with Crippen molar-refractivity contribution in [3.05, 3.63) is 77.8 Å². The molecule has 4 rings (SSSR count). The molecule has 3 aromatic rings. The summed E-state index contributed by atoms with van der Waals surface area (Å²) >= 11 is 5.89. The van der Waals surface area contributed by atoms with Gasteiger partial charge in [0.25, 0.3) is 5.91 Å². The third-order valence-electron chi connectivity index (χ3n) is 5.36. The van der Waals surface area contributed by atoms with Gasteiger partial charge < -0.3 is 24.4 Å². The van der Waals surface area contributed by atoms with Crippen LogP contribution in [0, 0.1) is 5.92 Å². The molecule has 1 aliphatic heterocycles. The zero-order chi connectivity index (χ0) is 24.8. The van der Waals surface area contributed by atoms with Crippen molar-refractivity contribution in [2.75, 3.05) is 30.5 Å². The third kappa shape index (κ3) is 6.10. The fourth-order valence-corrected chi connectivity index (χ4v) is 3.85. The van der Waals surface area contributed by atoms with Crippen LogP contribution in [0.1, 0.15) is 6.42 Å². The zero-order valence-corrected chi connectivity index (χ0v) is 19.7. The van der Waals surface area contributed by atoms with Gasteiger partial charge in [0.1, 0.15) is 5.75 Å². The molecule has 35 heavy (non-hydrogen) atoms. The molecule has 0 radical (unpaired) electrons. The highest BCUT2D eigenvalue weighted by Gasteiger charge is 2.36. The summed E-state index contributed by atoms with van der Waals surface area (Å²) in [5.74, 6) is -0.201. The first-order valence-electron chi connectivity index (χ1n) is 10.9. The number of benzene rings is 3. The van der Waals surface area contributed by atoms with Gasteiger partial charge in [-0.1, -0.05) is 29.8 Å². The first-order chi connectivity index (χ1) is 16.9. The molecule has 8 nitrogen and oxygen atoms in total. The van der Waals surface area contributed by atoms with Crippen molar-refractivity contribution < 1.29 is 28.6 Å². The van der Waals surface area contributed by atoms with Crippen LogP contribution in [0.5, 0.6) is 17.2 Å². The van der Waals surface area contributed by atoms with Gasteiger partial charge in [-0.15, -0.1) is 0 Å². The lowest BCUT2D eigenvalue weighted by Crippen LogP contribution is -2.28. The van der Waals surface area contributed by atoms with E-state index in [4.69, 9.17) is 25.8 Å². The number of carbonyl (C=O) groups excluding carboxylic acids is 3. The van der Waals surface area contributed by atoms with Crippen molar-refractivity contribution in [1.29, 1.82) is 0 Å². The molecule has 1 fully saturated rings. The highest BCUT2D eigenvalue weighted by Crippen LogP contribution is 2.33. The fourth-order valence-electron chi connectivity index (χ4n) is 3.66. The van der Waals surface area contributed by atoms with Crippen LogP contribution in [-0.4, -0.2) is 38.0 Å². The number of rotatable bonds is 8. The van der Waals surface area contributed by atoms with Gasteiger partial charge in [0.15, 0.2) is 18.1 Å². The second-order valence-electron chi connectivity index (χ2n) is 7.82. The summed E-state index contributed by atoms with van der Waals surface area (Å²) in [4.78, 5) is 38.6. The highest BCUT2D eigenvalue weighted by molar-refractivity contribution is 6.30. The Hall–Kier alpha value is -4.04. The van der Waals surface area contributed by atoms with Crippen LogP contribution >= 0.6 is 11.6 Å². The summed E-state index contributed by atoms with van der Waals surface area (Å²) in [6.07, 6.45) is 0.00815. The molecule has 1 heterocycles. The maximum Gasteiger partial charge on any atom is 0.311 e. The summed E-state index contributed by atoms with van der Waals surface area (Å²) in [6, 6.07) is 20.9. The summed E-state index contributed by atoms with van der Waals surface area (Å²) < 4.78 is 16.3. The van der Waals surface area contributed by atoms with Crippen LogP contribution in [0.4, 0.5) is 11.4 Å². The molecule has 1 N–H and O–H groups in total. The molecule has 0 aliphatic carbocycles. The first kappa shape index (κ1) is 24.1. The number of nitrogens with zero attached hydrogens (tertiary/aromatic N) is 1. The van der Waals surface area contributed by atoms with E-state index in [2.05, 4.69) is 5.32 Å². The minimum Gasteiger partial charge on any atom is -0.493 e. The second kappa shape index (κ2) is 10.9. The lowest BCUT2D eigenvalue weighted by atomic mass is 10.1. The highest BCUT2D eigenvalue weighted by atomic mass is 35.5. The van der Waals surface area contributed by atoms with Crippen LogP contribution in [-0.2, 0) is 19.1 Å². The molecule has 0 saturated carbocycles. The van der Waals surface area contributed by atoms with E-state index in [-0.39, 0.29) is 18.9 Å². The predicted molar refractivity (Wildman–Crippen MR) is 131 cm³/mol. The number of halogens is 1. The summed E-state index contributed by atoms with van der Waals surface area (Å²) in [6.45, 7) is -0.286. The number of hydrogen-bond donors (Lipinski definition) is 1. The summed E-state index contributed by atoms with van der Waals surface area (Å²) in [5, 5.41) is 3.08. The molecule has 0 bridgehead atoms. The maximum absolute atomic E-state index is 12.5. The van der Waals surface area contributed by atoms with Gasteiger partial charge in [-0.05, 0) is 54.6 Å². The Bertz CT molecular complexity index is 1230. The Labute approximate surface area is 207 Å². The molecule has 1 aliphatic rings. The number of amides is 2. The monoisotopic (exact) mass is 494 g/mol. The fraction of sp³-hybridized carbons (Fsp3) is 0.192. The van der Waals surface area contributed by atoms with Gasteiger partial charge >= 0.3 is 5.97 Å². The van der Waals surface area contributed by atoms with Crippen LogP contribution in [0.25, 0.3) is 0 Å². The summed E-state index contributed by atoms with van der Waals surface area (Å²) in [5.41, 5.74) is 1.13. The van der Waals surface area contributed by atoms with Gasteiger partial charge in [0, 0.05) is 29.4 Å². The molecule has 0 unspecified atom stereocenters. The normalized spacial score (nSPS) is 15.0. The van der Waals surface area contributed by atoms with Crippen LogP contribution in [0.2, 0.25) is 5.02 Å². The van der Waals surface area contributed by atoms with E-state index in [1.54, 1.807) is 67.8 Å². The lowest BCUT2D eigenvalue weighted by molar-refractivity contribution is -0.151. The third-order valence-corrected chi connectivity index (χ3v) is 5.59. The van der Waals surface area contributed by atoms with E-state index < -0.39 is 24.4 Å². The molecular weight excluding hydrogens is 472 g/mol. The molecule has 0 spiro atoms. The number of hydrogen-bond acceptors (Lipinski definition) is 6. The predicted octanol–water partition coefficient (Wildman–Crippen LogP) is 4.68. The smallest absolute Gasteiger partial charge is 0.311 e. The number of anilines is 2. The molecular formula is C26H23ClN2O6. The number of esters is 1. The number of ether oxygens (including phenoxy) is 3. The van der Waals surface area contributed by atoms with Gasteiger partial charge in [-0.2, -0.15) is 0 Å². The maximum atomic E-state index is 12.5. The van der Waals surface area contributed by atoms with Crippen molar-refractivity contribution in [3.63, 3.8) is 0 Å². The van der Waals surface area contributed by atoms with Gasteiger partial charge in [0.2, 0.25) is 5.91 Å². The van der Waals surface area contributed by atoms with Crippen molar-refractivity contribution >= 4 is 40.8 Å². The Morgan fingerprint density at radius 3 is 2.49 bits per heavy atom. The number of para-hydroxylation sites is 2. The summed E-state index contributed by atoms with van der Waals surface area (Å²) in [7, 11) is 1.57. The topological polar surface area (TPSA) is 94.2 Å². The Morgan fingerprint density at radius 2 is 1.77 bits per heavy atom. The Kier molecular flexibility index (Phi) is 7.52. The number of nitrogens with one attached hydrogen (secondary N) is 1. The Morgan fingerprint density at radius 1 is 1.03 bits per heavy atom. The largest absolute Gasteiger partial charge is 0.493 e. The zero-order valence-electron chi connectivity index (χ0n) is 18.9. The average Bonchev–Trinajstić information content (AvgIpc) is 3.25. The van der Waals surface area contributed by atoms with Crippen molar-refractivity contribution in [1.82, 2.24) is 0 Å². The standard InChI is InChI=1S/C26H23ClN2O6/c1-33-22-7-2-3-8-23(22)35-21-11-9-20(10-12-21)29-15-17(13-25(29)31)26(32)34-16-24(30)28-19-6-4-5-18(27)14-19/h2-12,14,17H,13,15-16H2,1H3,(H,28,30)/t17-/m0/s1. The second-order valence-corrected chi connectivity index (χ2v) is 8.25. The van der Waals surface area contributed by atoms with Crippen LogP contribution < -0.4 is 19.7 Å². The minimum absolute atomic E-state index is 0.00815. The van der Waals surface area contributed by atoms with E-state index >= 15 is 0 Å². The number of methoxy groups -OCH3 is 1. The van der Waals surface area contributed by atoms with Gasteiger partial charge in [-0.3, -0.25) is 14.4 Å². The van der Waals surface area contributed by atoms with Gasteiger partial charge in [-0.25, -0.2) is 0 Å². The molecule has 9 heteroatoms. The van der Waals surface area contributed by atoms with Crippen LogP contribution in [0.3, 0.4) is 0 Å². The van der Waals surface area contributed by atoms with E-state index in [1.807, 2.05) is 12.1 Å².